The lowest BCUT2D eigenvalue weighted by Crippen LogP contribution is -2.32. The highest BCUT2D eigenvalue weighted by Gasteiger charge is 2.29. The number of carbonyl (C=O) groups is 2. The Labute approximate surface area is 170 Å². The summed E-state index contributed by atoms with van der Waals surface area (Å²) in [5, 5.41) is 6.03. The monoisotopic (exact) mass is 390 g/mol. The zero-order chi connectivity index (χ0) is 20.1. The molecule has 0 unspecified atom stereocenters. The molecule has 29 heavy (non-hydrogen) atoms. The van der Waals surface area contributed by atoms with Crippen LogP contribution in [0.4, 0.5) is 0 Å². The van der Waals surface area contributed by atoms with Crippen molar-refractivity contribution in [1.82, 2.24) is 20.6 Å². The van der Waals surface area contributed by atoms with Crippen LogP contribution >= 0.6 is 0 Å². The van der Waals surface area contributed by atoms with Crippen LogP contribution in [0, 0.1) is 5.92 Å². The van der Waals surface area contributed by atoms with E-state index in [1.54, 1.807) is 0 Å². The maximum absolute atomic E-state index is 12.6. The number of aromatic amines is 1. The quantitative estimate of drug-likeness (QED) is 0.490. The summed E-state index contributed by atoms with van der Waals surface area (Å²) in [5.74, 6) is 1.04. The van der Waals surface area contributed by atoms with E-state index in [0.717, 1.165) is 35.3 Å². The number of H-pyrrole nitrogens is 1. The first-order valence-electron chi connectivity index (χ1n) is 10.2. The van der Waals surface area contributed by atoms with E-state index >= 15 is 0 Å². The van der Waals surface area contributed by atoms with Gasteiger partial charge in [-0.2, -0.15) is 0 Å². The van der Waals surface area contributed by atoms with Gasteiger partial charge in [0.05, 0.1) is 17.1 Å². The van der Waals surface area contributed by atoms with Crippen molar-refractivity contribution >= 4 is 22.8 Å². The van der Waals surface area contributed by atoms with Gasteiger partial charge < -0.3 is 15.6 Å². The average molecular weight is 390 g/mol. The number of hydrogen-bond acceptors (Lipinski definition) is 3. The summed E-state index contributed by atoms with van der Waals surface area (Å²) >= 11 is 0. The van der Waals surface area contributed by atoms with Gasteiger partial charge in [-0.25, -0.2) is 4.98 Å². The van der Waals surface area contributed by atoms with Crippen molar-refractivity contribution in [2.45, 2.75) is 38.1 Å². The first kappa shape index (κ1) is 19.2. The molecule has 2 aromatic carbocycles. The van der Waals surface area contributed by atoms with Gasteiger partial charge in [-0.05, 0) is 43.4 Å². The summed E-state index contributed by atoms with van der Waals surface area (Å²) in [5.41, 5.74) is 2.98. The highest BCUT2D eigenvalue weighted by atomic mass is 16.2. The molecule has 1 fully saturated rings. The smallest absolute Gasteiger partial charge is 0.223 e. The maximum Gasteiger partial charge on any atom is 0.223 e. The van der Waals surface area contributed by atoms with Crippen LogP contribution in [0.1, 0.15) is 43.1 Å². The number of hydrogen-bond donors (Lipinski definition) is 3. The van der Waals surface area contributed by atoms with E-state index in [1.807, 2.05) is 42.5 Å². The zero-order valence-corrected chi connectivity index (χ0v) is 16.4. The molecule has 1 aromatic heterocycles. The second-order valence-corrected chi connectivity index (χ2v) is 7.62. The molecule has 2 amide bonds. The molecule has 1 heterocycles. The molecule has 0 saturated heterocycles. The number of para-hydroxylation sites is 2. The Morgan fingerprint density at radius 3 is 2.59 bits per heavy atom. The molecular weight excluding hydrogens is 364 g/mol. The Hall–Kier alpha value is -3.15. The molecule has 4 rings (SSSR count). The molecule has 6 heteroatoms. The number of carbonyl (C=O) groups excluding carboxylic acids is 2. The topological polar surface area (TPSA) is 86.9 Å². The Kier molecular flexibility index (Phi) is 5.89. The van der Waals surface area contributed by atoms with E-state index in [9.17, 15) is 9.59 Å². The minimum atomic E-state index is -0.238. The molecule has 0 aliphatic heterocycles. The molecule has 1 aliphatic rings. The second kappa shape index (κ2) is 8.90. The van der Waals surface area contributed by atoms with E-state index < -0.39 is 0 Å². The number of fused-ring (bicyclic) bond motifs is 1. The molecule has 1 aliphatic carbocycles. The van der Waals surface area contributed by atoms with Gasteiger partial charge in [0, 0.05) is 18.9 Å². The fourth-order valence-corrected chi connectivity index (χ4v) is 3.42. The molecule has 1 atom stereocenters. The van der Waals surface area contributed by atoms with Gasteiger partial charge in [-0.3, -0.25) is 9.59 Å². The molecule has 6 nitrogen and oxygen atoms in total. The summed E-state index contributed by atoms with van der Waals surface area (Å²) in [4.78, 5) is 32.3. The number of amides is 2. The van der Waals surface area contributed by atoms with Crippen molar-refractivity contribution in [2.24, 2.45) is 5.92 Å². The summed E-state index contributed by atoms with van der Waals surface area (Å²) < 4.78 is 0. The first-order chi connectivity index (χ1) is 14.2. The van der Waals surface area contributed by atoms with E-state index in [-0.39, 0.29) is 23.8 Å². The normalized spacial score (nSPS) is 14.5. The van der Waals surface area contributed by atoms with E-state index in [1.165, 1.54) is 0 Å². The van der Waals surface area contributed by atoms with Crippen LogP contribution < -0.4 is 10.6 Å². The summed E-state index contributed by atoms with van der Waals surface area (Å²) in [6, 6.07) is 17.7. The molecule has 0 bridgehead atoms. The maximum atomic E-state index is 12.6. The molecule has 0 spiro atoms. The highest BCUT2D eigenvalue weighted by molar-refractivity contribution is 5.81. The number of imidazole rings is 1. The Balaban J connectivity index is 1.39. The van der Waals surface area contributed by atoms with Crippen LogP contribution in [0.25, 0.3) is 11.0 Å². The number of aromatic nitrogens is 2. The van der Waals surface area contributed by atoms with Crippen molar-refractivity contribution in [3.8, 4) is 0 Å². The van der Waals surface area contributed by atoms with Crippen LogP contribution in [-0.4, -0.2) is 28.3 Å². The van der Waals surface area contributed by atoms with Gasteiger partial charge in [-0.1, -0.05) is 42.5 Å². The van der Waals surface area contributed by atoms with Crippen LogP contribution in [0.5, 0.6) is 0 Å². The SMILES string of the molecule is O=C(CCCNC(=O)C1CC1)N[C@@H](Cc1ccccc1)c1nc2ccccc2[nH]1. The van der Waals surface area contributed by atoms with E-state index in [2.05, 4.69) is 32.7 Å². The molecule has 3 aromatic rings. The second-order valence-electron chi connectivity index (χ2n) is 7.62. The minimum absolute atomic E-state index is 0.0351. The third-order valence-corrected chi connectivity index (χ3v) is 5.18. The van der Waals surface area contributed by atoms with Crippen LogP contribution in [0.15, 0.2) is 54.6 Å². The highest BCUT2D eigenvalue weighted by Crippen LogP contribution is 2.28. The van der Waals surface area contributed by atoms with Crippen molar-refractivity contribution in [3.05, 3.63) is 66.0 Å². The Bertz CT molecular complexity index is 946. The van der Waals surface area contributed by atoms with Crippen molar-refractivity contribution in [1.29, 1.82) is 0 Å². The fourth-order valence-electron chi connectivity index (χ4n) is 3.42. The molecule has 3 N–H and O–H groups in total. The van der Waals surface area contributed by atoms with Crippen LogP contribution in [-0.2, 0) is 16.0 Å². The molecular formula is C23H26N4O2. The standard InChI is InChI=1S/C23H26N4O2/c28-21(11-6-14-24-23(29)17-12-13-17)25-20(15-16-7-2-1-3-8-16)22-26-18-9-4-5-10-19(18)27-22/h1-5,7-10,17,20H,6,11-15H2,(H,24,29)(H,25,28)(H,26,27)/t20-/m0/s1. The fraction of sp³-hybridized carbons (Fsp3) is 0.348. The average Bonchev–Trinajstić information content (AvgIpc) is 3.50. The van der Waals surface area contributed by atoms with Gasteiger partial charge in [0.2, 0.25) is 11.8 Å². The van der Waals surface area contributed by atoms with Crippen molar-refractivity contribution < 1.29 is 9.59 Å². The van der Waals surface area contributed by atoms with Gasteiger partial charge in [0.25, 0.3) is 0 Å². The Morgan fingerprint density at radius 1 is 1.07 bits per heavy atom. The van der Waals surface area contributed by atoms with Crippen molar-refractivity contribution in [3.63, 3.8) is 0 Å². The van der Waals surface area contributed by atoms with E-state index in [0.29, 0.717) is 25.8 Å². The predicted octanol–water partition coefficient (Wildman–Crippen LogP) is 3.27. The third kappa shape index (κ3) is 5.22. The van der Waals surface area contributed by atoms with Gasteiger partial charge in [0.15, 0.2) is 0 Å². The number of benzene rings is 2. The number of nitrogens with one attached hydrogen (secondary N) is 3. The number of rotatable bonds is 9. The molecule has 150 valence electrons. The lowest BCUT2D eigenvalue weighted by molar-refractivity contribution is -0.124. The summed E-state index contributed by atoms with van der Waals surface area (Å²) in [6.45, 7) is 0.538. The van der Waals surface area contributed by atoms with Crippen molar-refractivity contribution in [2.75, 3.05) is 6.54 Å². The Morgan fingerprint density at radius 2 is 1.83 bits per heavy atom. The number of nitrogens with zero attached hydrogens (tertiary/aromatic N) is 1. The van der Waals surface area contributed by atoms with Crippen LogP contribution in [0.3, 0.4) is 0 Å². The predicted molar refractivity (Wildman–Crippen MR) is 112 cm³/mol. The summed E-state index contributed by atoms with van der Waals surface area (Å²) in [7, 11) is 0. The summed E-state index contributed by atoms with van der Waals surface area (Å²) in [6.07, 6.45) is 3.64. The lowest BCUT2D eigenvalue weighted by atomic mass is 10.1. The molecule has 1 saturated carbocycles. The van der Waals surface area contributed by atoms with Gasteiger partial charge in [-0.15, -0.1) is 0 Å². The van der Waals surface area contributed by atoms with Gasteiger partial charge >= 0.3 is 0 Å². The molecule has 0 radical (unpaired) electrons. The largest absolute Gasteiger partial charge is 0.356 e. The third-order valence-electron chi connectivity index (χ3n) is 5.18. The minimum Gasteiger partial charge on any atom is -0.356 e. The van der Waals surface area contributed by atoms with Crippen LogP contribution in [0.2, 0.25) is 0 Å². The first-order valence-corrected chi connectivity index (χ1v) is 10.2. The van der Waals surface area contributed by atoms with Gasteiger partial charge in [0.1, 0.15) is 5.82 Å². The van der Waals surface area contributed by atoms with E-state index in [4.69, 9.17) is 0 Å². The zero-order valence-electron chi connectivity index (χ0n) is 16.4. The lowest BCUT2D eigenvalue weighted by Gasteiger charge is -2.17.